The Hall–Kier alpha value is -3.22. The molecule has 0 saturated carbocycles. The summed E-state index contributed by atoms with van der Waals surface area (Å²) in [5.41, 5.74) is 1.29. The van der Waals surface area contributed by atoms with Crippen molar-refractivity contribution in [2.24, 2.45) is 7.05 Å². The molecule has 1 amide bonds. The summed E-state index contributed by atoms with van der Waals surface area (Å²) in [6.45, 7) is 2.77. The number of hydrogen-bond donors (Lipinski definition) is 0. The summed E-state index contributed by atoms with van der Waals surface area (Å²) in [5, 5.41) is 5.38. The summed E-state index contributed by atoms with van der Waals surface area (Å²) in [4.78, 5) is 32.4. The largest absolute Gasteiger partial charge is 0.368 e. The molecule has 1 aromatic carbocycles. The van der Waals surface area contributed by atoms with Gasteiger partial charge in [-0.1, -0.05) is 18.2 Å². The molecule has 0 unspecified atom stereocenters. The Balaban J connectivity index is 1.59. The molecule has 1 aliphatic heterocycles. The van der Waals surface area contributed by atoms with E-state index in [2.05, 4.69) is 15.0 Å². The summed E-state index contributed by atoms with van der Waals surface area (Å²) in [7, 11) is 1.58. The molecule has 26 heavy (non-hydrogen) atoms. The lowest BCUT2D eigenvalue weighted by atomic mass is 10.1. The van der Waals surface area contributed by atoms with Gasteiger partial charge >= 0.3 is 0 Å². The molecule has 132 valence electrons. The van der Waals surface area contributed by atoms with Gasteiger partial charge in [-0.3, -0.25) is 9.59 Å². The van der Waals surface area contributed by atoms with Crippen molar-refractivity contribution in [1.29, 1.82) is 0 Å². The van der Waals surface area contributed by atoms with Gasteiger partial charge in [0, 0.05) is 56.4 Å². The normalized spacial score (nSPS) is 14.7. The van der Waals surface area contributed by atoms with E-state index >= 15 is 0 Å². The van der Waals surface area contributed by atoms with Crippen LogP contribution >= 0.6 is 0 Å². The number of rotatable bonds is 2. The molecule has 3 heterocycles. The molecule has 7 heteroatoms. The minimum atomic E-state index is -0.192. The van der Waals surface area contributed by atoms with Crippen LogP contribution in [0.15, 0.2) is 53.6 Å². The second-order valence-electron chi connectivity index (χ2n) is 6.36. The number of amides is 1. The SMILES string of the molecule is Cn1nc(C(=O)N2CCN(c3cc[nH+]cc3)CC2)c2ccccc2c1=O. The second kappa shape index (κ2) is 6.59. The van der Waals surface area contributed by atoms with Crippen LogP contribution in [0, 0.1) is 0 Å². The van der Waals surface area contributed by atoms with Gasteiger partial charge in [0.1, 0.15) is 0 Å². The molecule has 1 saturated heterocycles. The smallest absolute Gasteiger partial charge is 0.275 e. The van der Waals surface area contributed by atoms with E-state index in [1.54, 1.807) is 25.2 Å². The van der Waals surface area contributed by atoms with E-state index in [1.165, 1.54) is 4.68 Å². The monoisotopic (exact) mass is 350 g/mol. The molecule has 7 nitrogen and oxygen atoms in total. The summed E-state index contributed by atoms with van der Waals surface area (Å²) < 4.78 is 1.24. The maximum Gasteiger partial charge on any atom is 0.275 e. The average molecular weight is 350 g/mol. The van der Waals surface area contributed by atoms with Gasteiger partial charge in [-0.25, -0.2) is 9.67 Å². The van der Waals surface area contributed by atoms with E-state index in [9.17, 15) is 9.59 Å². The number of piperazine rings is 1. The lowest BCUT2D eigenvalue weighted by Gasteiger charge is -2.35. The molecule has 2 aromatic heterocycles. The highest BCUT2D eigenvalue weighted by Crippen LogP contribution is 2.18. The van der Waals surface area contributed by atoms with Crippen molar-refractivity contribution in [3.8, 4) is 0 Å². The van der Waals surface area contributed by atoms with Crippen LogP contribution in [0.4, 0.5) is 5.69 Å². The first-order valence-corrected chi connectivity index (χ1v) is 8.61. The molecule has 4 rings (SSSR count). The second-order valence-corrected chi connectivity index (χ2v) is 6.36. The Morgan fingerprint density at radius 1 is 1.00 bits per heavy atom. The number of aromatic amines is 1. The van der Waals surface area contributed by atoms with Gasteiger partial charge in [0.2, 0.25) is 0 Å². The predicted octanol–water partition coefficient (Wildman–Crippen LogP) is 0.710. The minimum absolute atomic E-state index is 0.127. The van der Waals surface area contributed by atoms with Gasteiger partial charge in [-0.05, 0) is 6.07 Å². The lowest BCUT2D eigenvalue weighted by Crippen LogP contribution is -2.49. The first-order chi connectivity index (χ1) is 12.6. The van der Waals surface area contributed by atoms with Crippen LogP contribution in [0.3, 0.4) is 0 Å². The van der Waals surface area contributed by atoms with E-state index in [0.717, 1.165) is 18.8 Å². The van der Waals surface area contributed by atoms with Gasteiger partial charge < -0.3 is 9.80 Å². The quantitative estimate of drug-likeness (QED) is 0.682. The van der Waals surface area contributed by atoms with E-state index < -0.39 is 0 Å². The molecule has 1 fully saturated rings. The van der Waals surface area contributed by atoms with Gasteiger partial charge in [-0.15, -0.1) is 0 Å². The van der Waals surface area contributed by atoms with Crippen molar-refractivity contribution >= 4 is 22.4 Å². The fraction of sp³-hybridized carbons (Fsp3) is 0.263. The molecule has 1 aliphatic rings. The van der Waals surface area contributed by atoms with Gasteiger partial charge in [-0.2, -0.15) is 5.10 Å². The Morgan fingerprint density at radius 3 is 2.35 bits per heavy atom. The highest BCUT2D eigenvalue weighted by molar-refractivity contribution is 6.04. The number of aromatic nitrogens is 3. The number of nitrogens with one attached hydrogen (secondary N) is 1. The molecular formula is C19H20N5O2+. The van der Waals surface area contributed by atoms with E-state index in [-0.39, 0.29) is 11.5 Å². The first kappa shape index (κ1) is 16.3. The fourth-order valence-corrected chi connectivity index (χ4v) is 3.36. The zero-order valence-electron chi connectivity index (χ0n) is 14.6. The number of carbonyl (C=O) groups is 1. The fourth-order valence-electron chi connectivity index (χ4n) is 3.36. The van der Waals surface area contributed by atoms with Gasteiger partial charge in [0.05, 0.1) is 5.39 Å². The van der Waals surface area contributed by atoms with E-state index in [1.807, 2.05) is 35.5 Å². The number of anilines is 1. The predicted molar refractivity (Wildman–Crippen MR) is 98.1 cm³/mol. The third kappa shape index (κ3) is 2.81. The molecule has 0 bridgehead atoms. The van der Waals surface area contributed by atoms with Crippen LogP contribution in [-0.2, 0) is 7.05 Å². The zero-order valence-corrected chi connectivity index (χ0v) is 14.6. The maximum atomic E-state index is 13.0. The van der Waals surface area contributed by atoms with Crippen LogP contribution < -0.4 is 15.4 Å². The molecule has 0 radical (unpaired) electrons. The number of fused-ring (bicyclic) bond motifs is 1. The Kier molecular flexibility index (Phi) is 4.12. The Bertz CT molecular complexity index is 1010. The van der Waals surface area contributed by atoms with Crippen molar-refractivity contribution in [2.75, 3.05) is 31.1 Å². The Morgan fingerprint density at radius 2 is 1.65 bits per heavy atom. The number of pyridine rings is 1. The van der Waals surface area contributed by atoms with Crippen LogP contribution in [0.2, 0.25) is 0 Å². The first-order valence-electron chi connectivity index (χ1n) is 8.61. The van der Waals surface area contributed by atoms with Gasteiger partial charge in [0.25, 0.3) is 11.5 Å². The molecule has 1 N–H and O–H groups in total. The van der Waals surface area contributed by atoms with Crippen molar-refractivity contribution in [3.63, 3.8) is 0 Å². The molecular weight excluding hydrogens is 330 g/mol. The van der Waals surface area contributed by atoms with E-state index in [4.69, 9.17) is 0 Å². The molecule has 0 aliphatic carbocycles. The number of hydrogen-bond acceptors (Lipinski definition) is 4. The summed E-state index contributed by atoms with van der Waals surface area (Å²) in [5.74, 6) is -0.127. The van der Waals surface area contributed by atoms with Crippen LogP contribution in [0.5, 0.6) is 0 Å². The van der Waals surface area contributed by atoms with Crippen LogP contribution in [0.1, 0.15) is 10.5 Å². The van der Waals surface area contributed by atoms with Gasteiger partial charge in [0.15, 0.2) is 18.1 Å². The summed E-state index contributed by atoms with van der Waals surface area (Å²) >= 11 is 0. The lowest BCUT2D eigenvalue weighted by molar-refractivity contribution is -0.377. The standard InChI is InChI=1S/C19H19N5O2/c1-22-18(25)16-5-3-2-4-15(16)17(21-22)19(26)24-12-10-23(11-13-24)14-6-8-20-9-7-14/h2-9H,10-13H2,1H3/p+1. The zero-order chi connectivity index (χ0) is 18.1. The third-order valence-electron chi connectivity index (χ3n) is 4.79. The van der Waals surface area contributed by atoms with Crippen molar-refractivity contribution in [2.45, 2.75) is 0 Å². The summed E-state index contributed by atoms with van der Waals surface area (Å²) in [6.07, 6.45) is 3.79. The molecule has 3 aromatic rings. The molecule has 0 spiro atoms. The highest BCUT2D eigenvalue weighted by atomic mass is 16.2. The third-order valence-corrected chi connectivity index (χ3v) is 4.79. The van der Waals surface area contributed by atoms with Crippen LogP contribution in [0.25, 0.3) is 10.8 Å². The van der Waals surface area contributed by atoms with Crippen molar-refractivity contribution in [1.82, 2.24) is 14.7 Å². The topological polar surface area (TPSA) is 72.6 Å². The minimum Gasteiger partial charge on any atom is -0.368 e. The van der Waals surface area contributed by atoms with Crippen molar-refractivity contribution < 1.29 is 9.78 Å². The number of aryl methyl sites for hydroxylation is 1. The molecule has 0 atom stereocenters. The number of nitrogens with zero attached hydrogens (tertiary/aromatic N) is 4. The number of carbonyl (C=O) groups excluding carboxylic acids is 1. The summed E-state index contributed by atoms with van der Waals surface area (Å²) in [6, 6.07) is 11.2. The van der Waals surface area contributed by atoms with Crippen LogP contribution in [-0.4, -0.2) is 46.8 Å². The van der Waals surface area contributed by atoms with E-state index in [0.29, 0.717) is 29.6 Å². The van der Waals surface area contributed by atoms with Crippen molar-refractivity contribution in [3.05, 3.63) is 64.8 Å². The number of benzene rings is 1. The Labute approximate surface area is 150 Å². The highest BCUT2D eigenvalue weighted by Gasteiger charge is 2.25. The maximum absolute atomic E-state index is 13.0. The average Bonchev–Trinajstić information content (AvgIpc) is 2.71. The number of H-pyrrole nitrogens is 1.